The predicted octanol–water partition coefficient (Wildman–Crippen LogP) is 3.43. The van der Waals surface area contributed by atoms with E-state index in [1.807, 2.05) is 0 Å². The van der Waals surface area contributed by atoms with Crippen LogP contribution in [0.3, 0.4) is 0 Å². The molecule has 0 aromatic heterocycles. The van der Waals surface area contributed by atoms with Gasteiger partial charge in [0.2, 0.25) is 0 Å². The van der Waals surface area contributed by atoms with Gasteiger partial charge in [0, 0.05) is 18.1 Å². The number of anilines is 1. The molecule has 1 aromatic carbocycles. The second kappa shape index (κ2) is 6.90. The number of carboxylic acid groups (broad SMARTS) is 1. The maximum absolute atomic E-state index is 13.1. The summed E-state index contributed by atoms with van der Waals surface area (Å²) in [4.78, 5) is 23.9. The highest BCUT2D eigenvalue weighted by Crippen LogP contribution is 2.31. The molecule has 5 nitrogen and oxygen atoms in total. The second-order valence-corrected chi connectivity index (χ2v) is 5.56. The van der Waals surface area contributed by atoms with Gasteiger partial charge in [-0.15, -0.1) is 0 Å². The van der Waals surface area contributed by atoms with E-state index in [4.69, 9.17) is 16.7 Å². The quantitative estimate of drug-likeness (QED) is 0.856. The van der Waals surface area contributed by atoms with Crippen LogP contribution in [-0.4, -0.2) is 35.6 Å². The van der Waals surface area contributed by atoms with Gasteiger partial charge in [-0.05, 0) is 28.1 Å². The van der Waals surface area contributed by atoms with Gasteiger partial charge in [0.05, 0.1) is 16.6 Å². The Hall–Kier alpha value is -1.34. The molecule has 1 atom stereocenters. The Morgan fingerprint density at radius 2 is 2.15 bits per heavy atom. The van der Waals surface area contributed by atoms with E-state index in [2.05, 4.69) is 21.2 Å². The lowest BCUT2D eigenvalue weighted by atomic mass is 10.2. The van der Waals surface area contributed by atoms with Gasteiger partial charge in [-0.25, -0.2) is 9.18 Å². The molecule has 110 valence electrons. The monoisotopic (exact) mass is 366 g/mol. The molecule has 2 amide bonds. The summed E-state index contributed by atoms with van der Waals surface area (Å²) in [7, 11) is 1.46. The van der Waals surface area contributed by atoms with Gasteiger partial charge in [0.15, 0.2) is 0 Å². The van der Waals surface area contributed by atoms with Crippen molar-refractivity contribution in [1.29, 1.82) is 0 Å². The Bertz CT molecular complexity index is 518. The lowest BCUT2D eigenvalue weighted by Crippen LogP contribution is -2.36. The minimum atomic E-state index is -0.995. The summed E-state index contributed by atoms with van der Waals surface area (Å²) < 4.78 is 13.4. The number of nitrogens with zero attached hydrogens (tertiary/aromatic N) is 1. The van der Waals surface area contributed by atoms with E-state index in [9.17, 15) is 14.0 Å². The molecule has 0 saturated heterocycles. The molecule has 20 heavy (non-hydrogen) atoms. The number of urea groups is 1. The molecule has 0 fully saturated rings. The van der Waals surface area contributed by atoms with Crippen LogP contribution in [0.5, 0.6) is 0 Å². The van der Waals surface area contributed by atoms with Gasteiger partial charge >= 0.3 is 12.0 Å². The van der Waals surface area contributed by atoms with Crippen molar-refractivity contribution in [2.75, 3.05) is 18.9 Å². The molecule has 1 aromatic rings. The number of carboxylic acids is 1. The lowest BCUT2D eigenvalue weighted by molar-refractivity contribution is -0.141. The van der Waals surface area contributed by atoms with Gasteiger partial charge in [0.1, 0.15) is 5.82 Å². The summed E-state index contributed by atoms with van der Waals surface area (Å²) >= 11 is 8.94. The minimum Gasteiger partial charge on any atom is -0.481 e. The van der Waals surface area contributed by atoms with Crippen LogP contribution in [0.2, 0.25) is 5.02 Å². The number of hydrogen-bond donors (Lipinski definition) is 2. The molecule has 8 heteroatoms. The summed E-state index contributed by atoms with van der Waals surface area (Å²) in [5.74, 6) is -2.23. The highest BCUT2D eigenvalue weighted by atomic mass is 79.9. The normalized spacial score (nSPS) is 11.8. The van der Waals surface area contributed by atoms with Crippen LogP contribution in [0.25, 0.3) is 0 Å². The Morgan fingerprint density at radius 3 is 2.65 bits per heavy atom. The SMILES string of the molecule is CC(CN(C)C(=O)Nc1c(Cl)cc(F)cc1Br)C(=O)O. The highest BCUT2D eigenvalue weighted by molar-refractivity contribution is 9.10. The first-order valence-electron chi connectivity index (χ1n) is 5.61. The van der Waals surface area contributed by atoms with Gasteiger partial charge in [-0.3, -0.25) is 4.79 Å². The van der Waals surface area contributed by atoms with Crippen molar-refractivity contribution in [2.24, 2.45) is 5.92 Å². The van der Waals surface area contributed by atoms with Crippen molar-refractivity contribution in [3.63, 3.8) is 0 Å². The zero-order valence-electron chi connectivity index (χ0n) is 10.8. The van der Waals surface area contributed by atoms with Crippen LogP contribution in [0, 0.1) is 11.7 Å². The van der Waals surface area contributed by atoms with Gasteiger partial charge in [-0.2, -0.15) is 0 Å². The molecule has 0 saturated carbocycles. The van der Waals surface area contributed by atoms with E-state index in [1.54, 1.807) is 0 Å². The molecule has 2 N–H and O–H groups in total. The minimum absolute atomic E-state index is 0.0393. The van der Waals surface area contributed by atoms with Crippen LogP contribution in [-0.2, 0) is 4.79 Å². The molecule has 1 unspecified atom stereocenters. The fourth-order valence-corrected chi connectivity index (χ4v) is 2.33. The summed E-state index contributed by atoms with van der Waals surface area (Å²) in [6.45, 7) is 1.53. The number of aliphatic carboxylic acids is 1. The number of benzene rings is 1. The van der Waals surface area contributed by atoms with E-state index in [1.165, 1.54) is 24.9 Å². The van der Waals surface area contributed by atoms with E-state index in [0.717, 1.165) is 6.07 Å². The summed E-state index contributed by atoms with van der Waals surface area (Å²) in [5, 5.41) is 11.3. The van der Waals surface area contributed by atoms with Crippen molar-refractivity contribution < 1.29 is 19.1 Å². The molecule has 0 aliphatic rings. The molecule has 0 bridgehead atoms. The predicted molar refractivity (Wildman–Crippen MR) is 77.6 cm³/mol. The Kier molecular flexibility index (Phi) is 5.76. The molecule has 0 spiro atoms. The number of carbonyl (C=O) groups is 2. The molecule has 0 aliphatic carbocycles. The average Bonchev–Trinajstić information content (AvgIpc) is 2.32. The third kappa shape index (κ3) is 4.35. The summed E-state index contributed by atoms with van der Waals surface area (Å²) in [6.07, 6.45) is 0. The van der Waals surface area contributed by atoms with Crippen molar-refractivity contribution in [1.82, 2.24) is 4.90 Å². The van der Waals surface area contributed by atoms with Crippen molar-refractivity contribution >= 4 is 45.2 Å². The zero-order chi connectivity index (χ0) is 15.4. The van der Waals surface area contributed by atoms with E-state index >= 15 is 0 Å². The number of rotatable bonds is 4. The standard InChI is InChI=1S/C12H13BrClFN2O3/c1-6(11(18)19)5-17(2)12(20)16-10-8(13)3-7(15)4-9(10)14/h3-4,6H,5H2,1-2H3,(H,16,20)(H,18,19). The van der Waals surface area contributed by atoms with Crippen molar-refractivity contribution in [3.8, 4) is 0 Å². The van der Waals surface area contributed by atoms with Gasteiger partial charge in [0.25, 0.3) is 0 Å². The smallest absolute Gasteiger partial charge is 0.321 e. The largest absolute Gasteiger partial charge is 0.481 e. The van der Waals surface area contributed by atoms with Crippen LogP contribution < -0.4 is 5.32 Å². The van der Waals surface area contributed by atoms with Crippen molar-refractivity contribution in [2.45, 2.75) is 6.92 Å². The first kappa shape index (κ1) is 16.7. The number of hydrogen-bond acceptors (Lipinski definition) is 2. The number of carbonyl (C=O) groups excluding carboxylic acids is 1. The third-order valence-corrected chi connectivity index (χ3v) is 3.48. The Labute approximate surface area is 128 Å². The molecule has 0 aliphatic heterocycles. The summed E-state index contributed by atoms with van der Waals surface area (Å²) in [6, 6.07) is 1.70. The highest BCUT2D eigenvalue weighted by Gasteiger charge is 2.19. The second-order valence-electron chi connectivity index (χ2n) is 4.29. The maximum Gasteiger partial charge on any atom is 0.321 e. The molecular formula is C12H13BrClFN2O3. The van der Waals surface area contributed by atoms with E-state index in [0.29, 0.717) is 4.47 Å². The molecule has 1 rings (SSSR count). The zero-order valence-corrected chi connectivity index (χ0v) is 13.1. The first-order chi connectivity index (χ1) is 9.22. The van der Waals surface area contributed by atoms with Crippen LogP contribution >= 0.6 is 27.5 Å². The van der Waals surface area contributed by atoms with Crippen molar-refractivity contribution in [3.05, 3.63) is 27.4 Å². The number of halogens is 3. The van der Waals surface area contributed by atoms with Crippen LogP contribution in [0.1, 0.15) is 6.92 Å². The van der Waals surface area contributed by atoms with E-state index in [-0.39, 0.29) is 17.3 Å². The van der Waals surface area contributed by atoms with Crippen LogP contribution in [0.15, 0.2) is 16.6 Å². The fourth-order valence-electron chi connectivity index (χ4n) is 1.44. The lowest BCUT2D eigenvalue weighted by Gasteiger charge is -2.20. The summed E-state index contributed by atoms with van der Waals surface area (Å²) in [5.41, 5.74) is 0.230. The Balaban J connectivity index is 2.78. The molecular weight excluding hydrogens is 354 g/mol. The van der Waals surface area contributed by atoms with Gasteiger partial charge in [-0.1, -0.05) is 18.5 Å². The van der Waals surface area contributed by atoms with Gasteiger partial charge < -0.3 is 15.3 Å². The van der Waals surface area contributed by atoms with E-state index < -0.39 is 23.7 Å². The first-order valence-corrected chi connectivity index (χ1v) is 6.79. The number of amides is 2. The topological polar surface area (TPSA) is 69.6 Å². The average molecular weight is 368 g/mol. The third-order valence-electron chi connectivity index (χ3n) is 2.55. The Morgan fingerprint density at radius 1 is 1.55 bits per heavy atom. The molecule has 0 heterocycles. The van der Waals surface area contributed by atoms with Crippen LogP contribution in [0.4, 0.5) is 14.9 Å². The number of nitrogens with one attached hydrogen (secondary N) is 1. The maximum atomic E-state index is 13.1. The fraction of sp³-hybridized carbons (Fsp3) is 0.333. The molecule has 0 radical (unpaired) electrons.